The molecule has 2 aromatic heterocycles. The van der Waals surface area contributed by atoms with E-state index >= 15 is 0 Å². The van der Waals surface area contributed by atoms with E-state index in [9.17, 15) is 9.59 Å². The predicted molar refractivity (Wildman–Crippen MR) is 115 cm³/mol. The molecule has 0 saturated heterocycles. The third-order valence-electron chi connectivity index (χ3n) is 5.59. The number of hydrogen-bond donors (Lipinski definition) is 0. The highest BCUT2D eigenvalue weighted by Crippen LogP contribution is 2.38. The Morgan fingerprint density at radius 2 is 1.97 bits per heavy atom. The van der Waals surface area contributed by atoms with E-state index in [1.54, 1.807) is 21.3 Å². The molecule has 4 rings (SSSR count). The van der Waals surface area contributed by atoms with Gasteiger partial charge in [0.2, 0.25) is 5.95 Å². The average molecular weight is 413 g/mol. The quantitative estimate of drug-likeness (QED) is 0.633. The molecule has 9 heteroatoms. The summed E-state index contributed by atoms with van der Waals surface area (Å²) in [5.41, 5.74) is 2.08. The summed E-state index contributed by atoms with van der Waals surface area (Å²) in [6.07, 6.45) is 0. The normalized spacial score (nSPS) is 16.2. The van der Waals surface area contributed by atoms with Crippen LogP contribution in [0.5, 0.6) is 5.75 Å². The van der Waals surface area contributed by atoms with Crippen molar-refractivity contribution in [1.82, 2.24) is 18.7 Å². The molecule has 0 spiro atoms. The summed E-state index contributed by atoms with van der Waals surface area (Å²) < 4.78 is 15.3. The van der Waals surface area contributed by atoms with E-state index in [2.05, 4.69) is 17.9 Å². The molecule has 0 amide bonds. The predicted octanol–water partition coefficient (Wildman–Crippen LogP) is 1.65. The highest BCUT2D eigenvalue weighted by molar-refractivity contribution is 5.78. The molecule has 3 aromatic rings. The second kappa shape index (κ2) is 7.64. The summed E-state index contributed by atoms with van der Waals surface area (Å²) in [7, 11) is 4.83. The lowest BCUT2D eigenvalue weighted by Gasteiger charge is -2.33. The molecule has 9 nitrogen and oxygen atoms in total. The molecule has 0 radical (unpaired) electrons. The highest BCUT2D eigenvalue weighted by atomic mass is 16.5. The molecule has 3 heterocycles. The zero-order valence-electron chi connectivity index (χ0n) is 18.0. The van der Waals surface area contributed by atoms with Crippen LogP contribution in [0.1, 0.15) is 12.5 Å². The van der Waals surface area contributed by atoms with Crippen molar-refractivity contribution in [3.8, 4) is 5.75 Å². The van der Waals surface area contributed by atoms with Crippen LogP contribution < -0.4 is 20.9 Å². The molecule has 1 aromatic carbocycles. The van der Waals surface area contributed by atoms with Crippen LogP contribution >= 0.6 is 0 Å². The van der Waals surface area contributed by atoms with Gasteiger partial charge in [0, 0.05) is 27.2 Å². The van der Waals surface area contributed by atoms with Gasteiger partial charge in [-0.1, -0.05) is 13.0 Å². The summed E-state index contributed by atoms with van der Waals surface area (Å²) in [6, 6.07) is 5.98. The molecule has 0 saturated carbocycles. The molecule has 1 aliphatic rings. The lowest BCUT2D eigenvalue weighted by molar-refractivity contribution is 0.184. The molecular weight excluding hydrogens is 386 g/mol. The first-order valence-corrected chi connectivity index (χ1v) is 9.98. The van der Waals surface area contributed by atoms with Crippen molar-refractivity contribution < 1.29 is 9.47 Å². The largest absolute Gasteiger partial charge is 0.495 e. The van der Waals surface area contributed by atoms with Gasteiger partial charge in [-0.05, 0) is 30.5 Å². The number of ether oxygens (including phenoxy) is 2. The molecule has 0 N–H and O–H groups in total. The number of rotatable bonds is 5. The second-order valence-electron chi connectivity index (χ2n) is 7.88. The van der Waals surface area contributed by atoms with Crippen molar-refractivity contribution in [1.29, 1.82) is 0 Å². The Hall–Kier alpha value is -3.07. The molecule has 0 aliphatic carbocycles. The van der Waals surface area contributed by atoms with Crippen LogP contribution in [0.2, 0.25) is 0 Å². The minimum absolute atomic E-state index is 0.198. The van der Waals surface area contributed by atoms with Crippen LogP contribution in [0.4, 0.5) is 11.6 Å². The number of hydrogen-bond acceptors (Lipinski definition) is 6. The number of aromatic nitrogens is 4. The van der Waals surface area contributed by atoms with Crippen molar-refractivity contribution in [2.24, 2.45) is 13.0 Å². The standard InChI is InChI=1S/C21H27N5O4/c1-13-6-7-16(30-5)15(10-13)25-11-14(2)12-26-17-18(22-20(25)26)23(3)21(28)24(19(17)27)8-9-29-4/h6-7,10,14H,8-9,11-12H2,1-5H3/t14-/m1/s1. The van der Waals surface area contributed by atoms with Gasteiger partial charge in [0.25, 0.3) is 5.56 Å². The molecule has 1 aliphatic heterocycles. The van der Waals surface area contributed by atoms with Gasteiger partial charge in [0.1, 0.15) is 5.75 Å². The van der Waals surface area contributed by atoms with Crippen molar-refractivity contribution in [2.75, 3.05) is 32.3 Å². The van der Waals surface area contributed by atoms with Crippen molar-refractivity contribution in [3.05, 3.63) is 44.6 Å². The first-order valence-electron chi connectivity index (χ1n) is 9.98. The summed E-state index contributed by atoms with van der Waals surface area (Å²) >= 11 is 0. The Labute approximate surface area is 174 Å². The number of methoxy groups -OCH3 is 2. The van der Waals surface area contributed by atoms with Crippen LogP contribution in [-0.4, -0.2) is 46.1 Å². The molecule has 1 atom stereocenters. The Bertz CT molecular complexity index is 1220. The summed E-state index contributed by atoms with van der Waals surface area (Å²) in [5, 5.41) is 0. The monoisotopic (exact) mass is 413 g/mol. The number of nitrogens with zero attached hydrogens (tertiary/aromatic N) is 5. The van der Waals surface area contributed by atoms with Gasteiger partial charge in [-0.2, -0.15) is 4.98 Å². The lowest BCUT2D eigenvalue weighted by atomic mass is 10.1. The molecule has 160 valence electrons. The lowest BCUT2D eigenvalue weighted by Crippen LogP contribution is -2.41. The van der Waals surface area contributed by atoms with Crippen LogP contribution in [0.25, 0.3) is 11.2 Å². The smallest absolute Gasteiger partial charge is 0.332 e. The fraction of sp³-hybridized carbons (Fsp3) is 0.476. The molecule has 0 unspecified atom stereocenters. The Balaban J connectivity index is 2.00. The van der Waals surface area contributed by atoms with E-state index in [0.29, 0.717) is 23.7 Å². The highest BCUT2D eigenvalue weighted by Gasteiger charge is 2.31. The number of benzene rings is 1. The minimum atomic E-state index is -0.396. The fourth-order valence-electron chi connectivity index (χ4n) is 4.10. The SMILES string of the molecule is COCCn1c(=O)c2c(nc3n2C[C@H](C)CN3c2cc(C)ccc2OC)n(C)c1=O. The van der Waals surface area contributed by atoms with Crippen LogP contribution in [0.3, 0.4) is 0 Å². The number of fused-ring (bicyclic) bond motifs is 3. The Kier molecular flexibility index (Phi) is 5.15. The Morgan fingerprint density at radius 1 is 1.20 bits per heavy atom. The summed E-state index contributed by atoms with van der Waals surface area (Å²) in [6.45, 7) is 6.02. The molecule has 0 fully saturated rings. The van der Waals surface area contributed by atoms with E-state index in [-0.39, 0.29) is 24.6 Å². The van der Waals surface area contributed by atoms with Gasteiger partial charge in [-0.25, -0.2) is 4.79 Å². The first-order chi connectivity index (χ1) is 14.4. The minimum Gasteiger partial charge on any atom is -0.495 e. The number of anilines is 2. The van der Waals surface area contributed by atoms with Gasteiger partial charge in [-0.15, -0.1) is 0 Å². The van der Waals surface area contributed by atoms with E-state index < -0.39 is 5.69 Å². The van der Waals surface area contributed by atoms with Gasteiger partial charge in [-0.3, -0.25) is 13.9 Å². The molecular formula is C21H27N5O4. The first kappa shape index (κ1) is 20.2. The van der Waals surface area contributed by atoms with Crippen molar-refractivity contribution >= 4 is 22.8 Å². The maximum Gasteiger partial charge on any atom is 0.332 e. The topological polar surface area (TPSA) is 83.5 Å². The maximum atomic E-state index is 13.3. The zero-order chi connectivity index (χ0) is 21.6. The van der Waals surface area contributed by atoms with Gasteiger partial charge in [0.15, 0.2) is 11.2 Å². The van der Waals surface area contributed by atoms with Crippen LogP contribution in [0.15, 0.2) is 27.8 Å². The van der Waals surface area contributed by atoms with Crippen molar-refractivity contribution in [2.45, 2.75) is 26.9 Å². The summed E-state index contributed by atoms with van der Waals surface area (Å²) in [4.78, 5) is 32.8. The number of aryl methyl sites for hydroxylation is 2. The molecule has 0 bridgehead atoms. The van der Waals surface area contributed by atoms with E-state index in [4.69, 9.17) is 14.5 Å². The van der Waals surface area contributed by atoms with Crippen LogP contribution in [-0.2, 0) is 24.9 Å². The van der Waals surface area contributed by atoms with Gasteiger partial charge < -0.3 is 18.9 Å². The van der Waals surface area contributed by atoms with Crippen LogP contribution in [0, 0.1) is 12.8 Å². The van der Waals surface area contributed by atoms with Gasteiger partial charge in [0.05, 0.1) is 25.9 Å². The van der Waals surface area contributed by atoms with Crippen molar-refractivity contribution in [3.63, 3.8) is 0 Å². The maximum absolute atomic E-state index is 13.3. The molecule has 30 heavy (non-hydrogen) atoms. The Morgan fingerprint density at radius 3 is 2.67 bits per heavy atom. The van der Waals surface area contributed by atoms with E-state index in [1.807, 2.05) is 23.6 Å². The van der Waals surface area contributed by atoms with Gasteiger partial charge >= 0.3 is 5.69 Å². The fourth-order valence-corrected chi connectivity index (χ4v) is 4.10. The third kappa shape index (κ3) is 3.09. The zero-order valence-corrected chi connectivity index (χ0v) is 18.0. The third-order valence-corrected chi connectivity index (χ3v) is 5.59. The van der Waals surface area contributed by atoms with E-state index in [1.165, 1.54) is 9.13 Å². The average Bonchev–Trinajstić information content (AvgIpc) is 3.11. The number of imidazole rings is 1. The summed E-state index contributed by atoms with van der Waals surface area (Å²) in [5.74, 6) is 1.65. The van der Waals surface area contributed by atoms with E-state index in [0.717, 1.165) is 23.5 Å². The second-order valence-corrected chi connectivity index (χ2v) is 7.88.